The van der Waals surface area contributed by atoms with Crippen molar-refractivity contribution >= 4 is 12.0 Å². The minimum Gasteiger partial charge on any atom is -0.511 e. The summed E-state index contributed by atoms with van der Waals surface area (Å²) in [5, 5.41) is 10.2. The zero-order valence-corrected chi connectivity index (χ0v) is 15.2. The Hall–Kier alpha value is -1.94. The molecule has 1 heterocycles. The lowest BCUT2D eigenvalue weighted by Crippen LogP contribution is -2.28. The van der Waals surface area contributed by atoms with Crippen LogP contribution in [-0.2, 0) is 4.79 Å². The smallest absolute Gasteiger partial charge is 0.168 e. The Bertz CT molecular complexity index is 670. The van der Waals surface area contributed by atoms with Crippen LogP contribution in [0.2, 0.25) is 0 Å². The lowest BCUT2D eigenvalue weighted by Gasteiger charge is -2.29. The number of aliphatic hydroxyl groups is 1. The Morgan fingerprint density at radius 1 is 1.20 bits per heavy atom. The molecule has 1 saturated heterocycles. The van der Waals surface area contributed by atoms with E-state index >= 15 is 0 Å². The number of carbonyl (C=O) groups excluding carboxylic acids is 1. The van der Waals surface area contributed by atoms with Gasteiger partial charge in [-0.1, -0.05) is 44.2 Å². The second kappa shape index (κ2) is 7.52. The highest BCUT2D eigenvalue weighted by atomic mass is 16.3. The van der Waals surface area contributed by atoms with Crippen molar-refractivity contribution in [1.29, 1.82) is 0 Å². The summed E-state index contributed by atoms with van der Waals surface area (Å²) < 4.78 is 0. The molecule has 1 fully saturated rings. The first-order valence-electron chi connectivity index (χ1n) is 9.20. The van der Waals surface area contributed by atoms with Crippen molar-refractivity contribution in [1.82, 2.24) is 4.90 Å². The van der Waals surface area contributed by atoms with E-state index in [0.717, 1.165) is 13.1 Å². The number of hydrogen-bond donors (Lipinski definition) is 1. The van der Waals surface area contributed by atoms with E-state index in [4.69, 9.17) is 0 Å². The summed E-state index contributed by atoms with van der Waals surface area (Å²) in [6.07, 6.45) is 5.05. The van der Waals surface area contributed by atoms with Crippen molar-refractivity contribution in [2.75, 3.05) is 19.6 Å². The van der Waals surface area contributed by atoms with Crippen molar-refractivity contribution < 1.29 is 9.90 Å². The third kappa shape index (κ3) is 4.37. The second-order valence-corrected chi connectivity index (χ2v) is 7.97. The van der Waals surface area contributed by atoms with E-state index in [0.29, 0.717) is 25.0 Å². The van der Waals surface area contributed by atoms with E-state index in [1.165, 1.54) is 18.4 Å². The molecule has 2 aliphatic rings. The van der Waals surface area contributed by atoms with Gasteiger partial charge < -0.3 is 5.11 Å². The number of Topliss-reactive ketones (excluding diaryl/α,β-unsaturated/α-hetero) is 1. The molecule has 3 rings (SSSR count). The highest BCUT2D eigenvalue weighted by Crippen LogP contribution is 2.35. The zero-order chi connectivity index (χ0) is 17.9. The van der Waals surface area contributed by atoms with E-state index in [-0.39, 0.29) is 23.0 Å². The average molecular weight is 340 g/mol. The number of rotatable bonds is 5. The first kappa shape index (κ1) is 17.9. The molecule has 1 unspecified atom stereocenters. The van der Waals surface area contributed by atoms with Crippen molar-refractivity contribution in [2.24, 2.45) is 10.4 Å². The maximum atomic E-state index is 12.3. The van der Waals surface area contributed by atoms with Crippen molar-refractivity contribution in [2.45, 2.75) is 45.6 Å². The predicted octanol–water partition coefficient (Wildman–Crippen LogP) is 4.10. The lowest BCUT2D eigenvalue weighted by atomic mass is 9.77. The number of hydrogen-bond acceptors (Lipinski definition) is 4. The zero-order valence-electron chi connectivity index (χ0n) is 15.2. The highest BCUT2D eigenvalue weighted by molar-refractivity contribution is 6.14. The molecule has 0 spiro atoms. The number of carbonyl (C=O) groups is 1. The molecule has 1 aliphatic carbocycles. The van der Waals surface area contributed by atoms with Crippen LogP contribution in [0.1, 0.15) is 51.1 Å². The van der Waals surface area contributed by atoms with Gasteiger partial charge in [-0.3, -0.25) is 14.7 Å². The highest BCUT2D eigenvalue weighted by Gasteiger charge is 2.32. The minimum absolute atomic E-state index is 0.00469. The number of likely N-dealkylation sites (tertiary alicyclic amines) is 1. The quantitative estimate of drug-likeness (QED) is 0.821. The van der Waals surface area contributed by atoms with Gasteiger partial charge in [0.05, 0.1) is 18.2 Å². The molecular formula is C21H28N2O2. The number of aliphatic imine (C=N–C) groups is 1. The van der Waals surface area contributed by atoms with Gasteiger partial charge in [-0.15, -0.1) is 0 Å². The van der Waals surface area contributed by atoms with Crippen LogP contribution in [-0.4, -0.2) is 41.6 Å². The van der Waals surface area contributed by atoms with E-state index in [1.807, 2.05) is 19.9 Å². The first-order chi connectivity index (χ1) is 12.0. The van der Waals surface area contributed by atoms with Crippen LogP contribution in [0.25, 0.3) is 0 Å². The van der Waals surface area contributed by atoms with Crippen molar-refractivity contribution in [3.8, 4) is 0 Å². The number of allylic oxidation sites excluding steroid dienone is 2. The van der Waals surface area contributed by atoms with E-state index in [9.17, 15) is 9.90 Å². The topological polar surface area (TPSA) is 52.9 Å². The van der Waals surface area contributed by atoms with Gasteiger partial charge in [0.2, 0.25) is 0 Å². The summed E-state index contributed by atoms with van der Waals surface area (Å²) in [5.74, 6) is 0.178. The number of ketones is 1. The Morgan fingerprint density at radius 3 is 2.52 bits per heavy atom. The molecule has 25 heavy (non-hydrogen) atoms. The van der Waals surface area contributed by atoms with Crippen molar-refractivity contribution in [3.05, 3.63) is 47.2 Å². The molecule has 4 heteroatoms. The molecule has 0 saturated carbocycles. The Morgan fingerprint density at radius 2 is 1.88 bits per heavy atom. The fourth-order valence-corrected chi connectivity index (χ4v) is 3.85. The molecule has 0 amide bonds. The Balaban J connectivity index is 1.75. The summed E-state index contributed by atoms with van der Waals surface area (Å²) in [4.78, 5) is 19.3. The molecule has 0 radical (unpaired) electrons. The molecule has 1 aromatic carbocycles. The van der Waals surface area contributed by atoms with Gasteiger partial charge in [0.15, 0.2) is 5.78 Å². The van der Waals surface area contributed by atoms with Gasteiger partial charge in [-0.2, -0.15) is 0 Å². The summed E-state index contributed by atoms with van der Waals surface area (Å²) in [6, 6.07) is 10.7. The van der Waals surface area contributed by atoms with Gasteiger partial charge in [0.25, 0.3) is 0 Å². The van der Waals surface area contributed by atoms with Gasteiger partial charge in [-0.25, -0.2) is 0 Å². The van der Waals surface area contributed by atoms with Crippen molar-refractivity contribution in [3.63, 3.8) is 0 Å². The molecule has 134 valence electrons. The second-order valence-electron chi connectivity index (χ2n) is 7.97. The number of aliphatic hydroxyl groups excluding tert-OH is 1. The van der Waals surface area contributed by atoms with E-state index in [1.54, 1.807) is 6.21 Å². The molecule has 1 N–H and O–H groups in total. The number of benzene rings is 1. The minimum atomic E-state index is -0.166. The molecule has 0 bridgehead atoms. The van der Waals surface area contributed by atoms with Gasteiger partial charge in [-0.05, 0) is 36.9 Å². The first-order valence-corrected chi connectivity index (χ1v) is 9.20. The summed E-state index contributed by atoms with van der Waals surface area (Å²) in [7, 11) is 0. The monoisotopic (exact) mass is 340 g/mol. The van der Waals surface area contributed by atoms with Gasteiger partial charge in [0.1, 0.15) is 5.76 Å². The van der Waals surface area contributed by atoms with E-state index in [2.05, 4.69) is 34.2 Å². The third-order valence-electron chi connectivity index (χ3n) is 5.16. The largest absolute Gasteiger partial charge is 0.511 e. The molecule has 4 nitrogen and oxygen atoms in total. The predicted molar refractivity (Wildman–Crippen MR) is 101 cm³/mol. The number of nitrogens with zero attached hydrogens (tertiary/aromatic N) is 2. The summed E-state index contributed by atoms with van der Waals surface area (Å²) >= 11 is 0. The van der Waals surface area contributed by atoms with Crippen LogP contribution in [0.3, 0.4) is 0 Å². The van der Waals surface area contributed by atoms with Crippen LogP contribution < -0.4 is 0 Å². The molecule has 1 aliphatic heterocycles. The molecule has 0 aromatic heterocycles. The van der Waals surface area contributed by atoms with Crippen LogP contribution in [0.4, 0.5) is 0 Å². The van der Waals surface area contributed by atoms with Crippen LogP contribution >= 0.6 is 0 Å². The fraction of sp³-hybridized carbons (Fsp3) is 0.524. The SMILES string of the molecule is CC1(C)CC(=O)C(C=NCC(c2ccccc2)N2CCCC2)=C(O)C1. The van der Waals surface area contributed by atoms with Gasteiger partial charge >= 0.3 is 0 Å². The maximum absolute atomic E-state index is 12.3. The summed E-state index contributed by atoms with van der Waals surface area (Å²) in [6.45, 7) is 6.81. The van der Waals surface area contributed by atoms with Crippen LogP contribution in [0.15, 0.2) is 46.7 Å². The van der Waals surface area contributed by atoms with Crippen LogP contribution in [0.5, 0.6) is 0 Å². The van der Waals surface area contributed by atoms with Crippen LogP contribution in [0, 0.1) is 5.41 Å². The summed E-state index contributed by atoms with van der Waals surface area (Å²) in [5.41, 5.74) is 1.49. The Labute approximate surface area is 150 Å². The normalized spacial score (nSPS) is 22.7. The Kier molecular flexibility index (Phi) is 5.38. The lowest BCUT2D eigenvalue weighted by molar-refractivity contribution is -0.117. The molecule has 1 aromatic rings. The molecule has 1 atom stereocenters. The molecular weight excluding hydrogens is 312 g/mol. The van der Waals surface area contributed by atoms with E-state index < -0.39 is 0 Å². The third-order valence-corrected chi connectivity index (χ3v) is 5.16. The average Bonchev–Trinajstić information content (AvgIpc) is 3.07. The fourth-order valence-electron chi connectivity index (χ4n) is 3.85. The standard InChI is InChI=1S/C21H28N2O2/c1-21(2)12-19(24)17(20(25)13-21)14-22-15-18(23-10-6-7-11-23)16-8-4-3-5-9-16/h3-5,8-9,14,18,24H,6-7,10-13,15H2,1-2H3. The van der Waals surface area contributed by atoms with Gasteiger partial charge in [0, 0.05) is 19.1 Å². The maximum Gasteiger partial charge on any atom is 0.168 e.